The predicted octanol–water partition coefficient (Wildman–Crippen LogP) is 1.68. The first-order valence-electron chi connectivity index (χ1n) is 4.15. The van der Waals surface area contributed by atoms with Gasteiger partial charge in [-0.1, -0.05) is 6.07 Å². The molecule has 1 heterocycles. The molecule has 0 radical (unpaired) electrons. The molecule has 0 spiro atoms. The van der Waals surface area contributed by atoms with E-state index < -0.39 is 6.10 Å². The van der Waals surface area contributed by atoms with Crippen LogP contribution in [0.2, 0.25) is 0 Å². The Morgan fingerprint density at radius 3 is 3.00 bits per heavy atom. The second kappa shape index (κ2) is 3.11. The van der Waals surface area contributed by atoms with Crippen molar-refractivity contribution >= 4 is 10.9 Å². The highest BCUT2D eigenvalue weighted by molar-refractivity contribution is 5.78. The van der Waals surface area contributed by atoms with Crippen LogP contribution < -0.4 is 0 Å². The lowest BCUT2D eigenvalue weighted by molar-refractivity contribution is 0.199. The first-order chi connectivity index (χ1) is 6.27. The van der Waals surface area contributed by atoms with E-state index in [9.17, 15) is 5.11 Å². The Kier molecular flexibility index (Phi) is 1.94. The van der Waals surface area contributed by atoms with E-state index in [2.05, 4.69) is 9.97 Å². The average molecular weight is 174 g/mol. The molecule has 0 aliphatic carbocycles. The molecule has 66 valence electrons. The van der Waals surface area contributed by atoms with Crippen LogP contribution in [-0.4, -0.2) is 15.1 Å². The van der Waals surface area contributed by atoms with Gasteiger partial charge in [0.1, 0.15) is 6.33 Å². The van der Waals surface area contributed by atoms with Gasteiger partial charge in [0.2, 0.25) is 0 Å². The highest BCUT2D eigenvalue weighted by atomic mass is 16.3. The summed E-state index contributed by atoms with van der Waals surface area (Å²) < 4.78 is 0. The van der Waals surface area contributed by atoms with Gasteiger partial charge >= 0.3 is 0 Å². The first kappa shape index (κ1) is 8.13. The Hall–Kier alpha value is -1.48. The molecular formula is C10H10N2O. The third kappa shape index (κ3) is 1.51. The van der Waals surface area contributed by atoms with Gasteiger partial charge in [-0.25, -0.2) is 9.97 Å². The van der Waals surface area contributed by atoms with Gasteiger partial charge in [-0.15, -0.1) is 0 Å². The summed E-state index contributed by atoms with van der Waals surface area (Å²) in [7, 11) is 0. The van der Waals surface area contributed by atoms with E-state index in [0.717, 1.165) is 16.5 Å². The van der Waals surface area contributed by atoms with Crippen LogP contribution in [-0.2, 0) is 0 Å². The van der Waals surface area contributed by atoms with Crippen LogP contribution in [0.25, 0.3) is 10.9 Å². The van der Waals surface area contributed by atoms with Crippen molar-refractivity contribution in [1.82, 2.24) is 9.97 Å². The van der Waals surface area contributed by atoms with Crippen molar-refractivity contribution in [2.75, 3.05) is 0 Å². The molecule has 0 bridgehead atoms. The Labute approximate surface area is 76.1 Å². The van der Waals surface area contributed by atoms with Crippen molar-refractivity contribution in [2.45, 2.75) is 13.0 Å². The zero-order valence-corrected chi connectivity index (χ0v) is 7.31. The summed E-state index contributed by atoms with van der Waals surface area (Å²) in [4.78, 5) is 8.01. The molecule has 3 nitrogen and oxygen atoms in total. The summed E-state index contributed by atoms with van der Waals surface area (Å²) in [5, 5.41) is 10.3. The highest BCUT2D eigenvalue weighted by Gasteiger charge is 2.01. The van der Waals surface area contributed by atoms with Crippen molar-refractivity contribution in [2.24, 2.45) is 0 Å². The maximum Gasteiger partial charge on any atom is 0.116 e. The molecule has 3 heteroatoms. The molecule has 0 aliphatic rings. The molecule has 1 unspecified atom stereocenters. The van der Waals surface area contributed by atoms with Crippen molar-refractivity contribution in [3.63, 3.8) is 0 Å². The largest absolute Gasteiger partial charge is 0.389 e. The number of hydrogen-bond donors (Lipinski definition) is 1. The van der Waals surface area contributed by atoms with Crippen molar-refractivity contribution in [1.29, 1.82) is 0 Å². The number of nitrogens with zero attached hydrogens (tertiary/aromatic N) is 2. The lowest BCUT2D eigenvalue weighted by Crippen LogP contribution is -1.91. The quantitative estimate of drug-likeness (QED) is 0.715. The molecule has 2 rings (SSSR count). The minimum atomic E-state index is -0.440. The van der Waals surface area contributed by atoms with Crippen LogP contribution >= 0.6 is 0 Å². The third-order valence-electron chi connectivity index (χ3n) is 2.01. The van der Waals surface area contributed by atoms with E-state index in [0.29, 0.717) is 0 Å². The number of aromatic nitrogens is 2. The lowest BCUT2D eigenvalue weighted by Gasteiger charge is -2.04. The van der Waals surface area contributed by atoms with Crippen LogP contribution in [0.1, 0.15) is 18.6 Å². The zero-order valence-electron chi connectivity index (χ0n) is 7.31. The van der Waals surface area contributed by atoms with E-state index in [1.54, 1.807) is 13.1 Å². The van der Waals surface area contributed by atoms with E-state index in [1.165, 1.54) is 6.33 Å². The summed E-state index contributed by atoms with van der Waals surface area (Å²) in [6.07, 6.45) is 2.82. The molecule has 0 saturated heterocycles. The van der Waals surface area contributed by atoms with Crippen LogP contribution in [0.5, 0.6) is 0 Å². The van der Waals surface area contributed by atoms with Gasteiger partial charge in [0.25, 0.3) is 0 Å². The number of benzene rings is 1. The Morgan fingerprint density at radius 1 is 1.38 bits per heavy atom. The first-order valence-corrected chi connectivity index (χ1v) is 4.15. The molecule has 0 amide bonds. The molecule has 0 saturated carbocycles. The van der Waals surface area contributed by atoms with Gasteiger partial charge in [0, 0.05) is 11.6 Å². The van der Waals surface area contributed by atoms with Gasteiger partial charge in [-0.3, -0.25) is 0 Å². The molecule has 0 aliphatic heterocycles. The molecular weight excluding hydrogens is 164 g/mol. The second-order valence-corrected chi connectivity index (χ2v) is 3.02. The number of fused-ring (bicyclic) bond motifs is 1. The molecule has 13 heavy (non-hydrogen) atoms. The van der Waals surface area contributed by atoms with Gasteiger partial charge in [0.05, 0.1) is 11.6 Å². The van der Waals surface area contributed by atoms with E-state index in [4.69, 9.17) is 0 Å². The third-order valence-corrected chi connectivity index (χ3v) is 2.01. The molecule has 0 fully saturated rings. The summed E-state index contributed by atoms with van der Waals surface area (Å²) in [6, 6.07) is 5.67. The normalized spacial score (nSPS) is 13.1. The van der Waals surface area contributed by atoms with Crippen LogP contribution in [0.15, 0.2) is 30.7 Å². The molecule has 1 aromatic heterocycles. The maximum atomic E-state index is 9.34. The smallest absolute Gasteiger partial charge is 0.116 e. The Balaban J connectivity index is 2.62. The Morgan fingerprint density at radius 2 is 2.23 bits per heavy atom. The number of aliphatic hydroxyl groups excluding tert-OH is 1. The fraction of sp³-hybridized carbons (Fsp3) is 0.200. The minimum Gasteiger partial charge on any atom is -0.389 e. The summed E-state index contributed by atoms with van der Waals surface area (Å²) in [6.45, 7) is 1.74. The second-order valence-electron chi connectivity index (χ2n) is 3.02. The fourth-order valence-electron chi connectivity index (χ4n) is 1.26. The standard InChI is InChI=1S/C10H10N2O/c1-7(13)8-2-3-10-9(4-8)5-11-6-12-10/h2-7,13H,1H3. The van der Waals surface area contributed by atoms with Gasteiger partial charge in [-0.2, -0.15) is 0 Å². The minimum absolute atomic E-state index is 0.440. The van der Waals surface area contributed by atoms with Gasteiger partial charge < -0.3 is 5.11 Å². The maximum absolute atomic E-state index is 9.34. The lowest BCUT2D eigenvalue weighted by atomic mass is 10.1. The van der Waals surface area contributed by atoms with E-state index in [1.807, 2.05) is 18.2 Å². The topological polar surface area (TPSA) is 46.0 Å². The molecule has 1 aromatic carbocycles. The summed E-state index contributed by atoms with van der Waals surface area (Å²) >= 11 is 0. The SMILES string of the molecule is CC(O)c1ccc2ncncc2c1. The van der Waals surface area contributed by atoms with Crippen molar-refractivity contribution in [3.05, 3.63) is 36.3 Å². The highest BCUT2D eigenvalue weighted by Crippen LogP contribution is 2.17. The van der Waals surface area contributed by atoms with Crippen molar-refractivity contribution < 1.29 is 5.11 Å². The monoisotopic (exact) mass is 174 g/mol. The molecule has 1 atom stereocenters. The Bertz CT molecular complexity index is 426. The van der Waals surface area contributed by atoms with Crippen LogP contribution in [0.3, 0.4) is 0 Å². The number of aliphatic hydroxyl groups is 1. The van der Waals surface area contributed by atoms with Crippen LogP contribution in [0, 0.1) is 0 Å². The molecule has 2 aromatic rings. The number of rotatable bonds is 1. The van der Waals surface area contributed by atoms with Crippen molar-refractivity contribution in [3.8, 4) is 0 Å². The number of hydrogen-bond acceptors (Lipinski definition) is 3. The fourth-order valence-corrected chi connectivity index (χ4v) is 1.26. The zero-order chi connectivity index (χ0) is 9.26. The summed E-state index contributed by atoms with van der Waals surface area (Å²) in [5.74, 6) is 0. The van der Waals surface area contributed by atoms with Gasteiger partial charge in [0.15, 0.2) is 0 Å². The average Bonchev–Trinajstić information content (AvgIpc) is 2.17. The van der Waals surface area contributed by atoms with E-state index >= 15 is 0 Å². The van der Waals surface area contributed by atoms with Crippen LogP contribution in [0.4, 0.5) is 0 Å². The predicted molar refractivity (Wildman–Crippen MR) is 50.2 cm³/mol. The summed E-state index contributed by atoms with van der Waals surface area (Å²) in [5.41, 5.74) is 1.79. The van der Waals surface area contributed by atoms with Gasteiger partial charge in [-0.05, 0) is 24.6 Å². The molecule has 1 N–H and O–H groups in total. The van der Waals surface area contributed by atoms with E-state index in [-0.39, 0.29) is 0 Å².